The van der Waals surface area contributed by atoms with Crippen molar-refractivity contribution in [3.8, 4) is 22.9 Å². The van der Waals surface area contributed by atoms with Crippen LogP contribution in [-0.2, 0) is 11.2 Å². The molecule has 4 rings (SSSR count). The van der Waals surface area contributed by atoms with E-state index < -0.39 is 12.2 Å². The standard InChI is InChI=1S/C18H14ClF2N5O3/c19-13-6-11(5-12(7-13)17-23-25-26-24-17)10(8-16(22)27)3-9-1-2-14-15(4-9)29-18(20,21)28-14/h1-2,4-7,10H,3,8H2,(H2,22,27)(H,23,24,25,26). The molecule has 1 aliphatic heterocycles. The number of H-pyrrole nitrogens is 1. The summed E-state index contributed by atoms with van der Waals surface area (Å²) in [4.78, 5) is 11.6. The fourth-order valence-electron chi connectivity index (χ4n) is 3.22. The van der Waals surface area contributed by atoms with Gasteiger partial charge in [-0.2, -0.15) is 5.21 Å². The molecule has 0 bridgehead atoms. The van der Waals surface area contributed by atoms with Crippen LogP contribution < -0.4 is 15.2 Å². The van der Waals surface area contributed by atoms with Crippen LogP contribution in [0, 0.1) is 0 Å². The number of hydrogen-bond acceptors (Lipinski definition) is 6. The Morgan fingerprint density at radius 1 is 1.21 bits per heavy atom. The predicted octanol–water partition coefficient (Wildman–Crippen LogP) is 3.04. The van der Waals surface area contributed by atoms with E-state index in [1.165, 1.54) is 12.1 Å². The van der Waals surface area contributed by atoms with Gasteiger partial charge in [0, 0.05) is 17.0 Å². The highest BCUT2D eigenvalue weighted by Crippen LogP contribution is 2.42. The number of hydrogen-bond donors (Lipinski definition) is 2. The molecule has 1 unspecified atom stereocenters. The molecule has 8 nitrogen and oxygen atoms in total. The Hall–Kier alpha value is -3.27. The first-order chi connectivity index (χ1) is 13.8. The molecule has 2 heterocycles. The smallest absolute Gasteiger partial charge is 0.395 e. The lowest BCUT2D eigenvalue weighted by molar-refractivity contribution is -0.286. The second-order valence-electron chi connectivity index (χ2n) is 6.53. The fraction of sp³-hybridized carbons (Fsp3) is 0.222. The maximum Gasteiger partial charge on any atom is 0.586 e. The van der Waals surface area contributed by atoms with E-state index in [2.05, 4.69) is 30.1 Å². The molecular formula is C18H14ClF2N5O3. The summed E-state index contributed by atoms with van der Waals surface area (Å²) in [5.41, 5.74) is 7.42. The number of ether oxygens (including phenoxy) is 2. The number of fused-ring (bicyclic) bond motifs is 1. The van der Waals surface area contributed by atoms with E-state index in [1.54, 1.807) is 24.3 Å². The molecule has 150 valence electrons. The number of halogens is 3. The van der Waals surface area contributed by atoms with Crippen LogP contribution in [0.4, 0.5) is 8.78 Å². The van der Waals surface area contributed by atoms with Gasteiger partial charge in [-0.1, -0.05) is 17.7 Å². The van der Waals surface area contributed by atoms with Gasteiger partial charge in [-0.25, -0.2) is 0 Å². The summed E-state index contributed by atoms with van der Waals surface area (Å²) in [5, 5.41) is 14.2. The van der Waals surface area contributed by atoms with Crippen molar-refractivity contribution in [2.75, 3.05) is 0 Å². The average molecular weight is 422 g/mol. The summed E-state index contributed by atoms with van der Waals surface area (Å²) in [5.74, 6) is -0.644. The number of carbonyl (C=O) groups excluding carboxylic acids is 1. The Morgan fingerprint density at radius 2 is 2.00 bits per heavy atom. The summed E-state index contributed by atoms with van der Waals surface area (Å²) in [6, 6.07) is 9.64. The Bertz CT molecular complexity index is 1060. The van der Waals surface area contributed by atoms with Gasteiger partial charge < -0.3 is 15.2 Å². The minimum absolute atomic E-state index is 0.0244. The number of rotatable bonds is 6. The number of nitrogens with one attached hydrogen (secondary N) is 1. The molecular weight excluding hydrogens is 408 g/mol. The van der Waals surface area contributed by atoms with Gasteiger partial charge in [0.25, 0.3) is 0 Å². The van der Waals surface area contributed by atoms with Crippen LogP contribution in [0.3, 0.4) is 0 Å². The number of nitrogens with two attached hydrogens (primary N) is 1. The molecule has 1 aromatic heterocycles. The van der Waals surface area contributed by atoms with Crippen molar-refractivity contribution in [3.63, 3.8) is 0 Å². The zero-order chi connectivity index (χ0) is 20.6. The normalized spacial score (nSPS) is 15.3. The summed E-state index contributed by atoms with van der Waals surface area (Å²) >= 11 is 6.24. The van der Waals surface area contributed by atoms with Gasteiger partial charge in [0.1, 0.15) is 0 Å². The van der Waals surface area contributed by atoms with Gasteiger partial charge in [-0.05, 0) is 59.0 Å². The summed E-state index contributed by atoms with van der Waals surface area (Å²) < 4.78 is 35.4. The Balaban J connectivity index is 1.65. The highest BCUT2D eigenvalue weighted by molar-refractivity contribution is 6.30. The summed E-state index contributed by atoms with van der Waals surface area (Å²) in [7, 11) is 0. The topological polar surface area (TPSA) is 116 Å². The van der Waals surface area contributed by atoms with E-state index in [1.807, 2.05) is 0 Å². The van der Waals surface area contributed by atoms with Crippen LogP contribution >= 0.6 is 11.6 Å². The maximum atomic E-state index is 13.3. The van der Waals surface area contributed by atoms with Crippen molar-refractivity contribution in [3.05, 3.63) is 52.5 Å². The Labute approximate surface area is 168 Å². The molecule has 1 amide bonds. The van der Waals surface area contributed by atoms with E-state index in [0.29, 0.717) is 28.4 Å². The second-order valence-corrected chi connectivity index (χ2v) is 6.97. The lowest BCUT2D eigenvalue weighted by Gasteiger charge is -2.17. The van der Waals surface area contributed by atoms with Gasteiger partial charge in [0.2, 0.25) is 11.7 Å². The number of primary amides is 1. The van der Waals surface area contributed by atoms with Crippen LogP contribution in [0.1, 0.15) is 23.5 Å². The number of tetrazole rings is 1. The molecule has 0 radical (unpaired) electrons. The highest BCUT2D eigenvalue weighted by Gasteiger charge is 2.43. The Kier molecular flexibility index (Phi) is 4.79. The van der Waals surface area contributed by atoms with E-state index >= 15 is 0 Å². The number of aromatic amines is 1. The number of amides is 1. The highest BCUT2D eigenvalue weighted by atomic mass is 35.5. The minimum atomic E-state index is -3.69. The fourth-order valence-corrected chi connectivity index (χ4v) is 3.46. The van der Waals surface area contributed by atoms with E-state index in [-0.39, 0.29) is 23.8 Å². The second kappa shape index (κ2) is 7.28. The number of benzene rings is 2. The van der Waals surface area contributed by atoms with E-state index in [4.69, 9.17) is 17.3 Å². The number of nitrogens with zero attached hydrogens (tertiary/aromatic N) is 3. The molecule has 11 heteroatoms. The molecule has 2 aromatic carbocycles. The first kappa shape index (κ1) is 19.1. The molecule has 1 atom stereocenters. The van der Waals surface area contributed by atoms with Crippen molar-refractivity contribution in [2.45, 2.75) is 25.1 Å². The zero-order valence-electron chi connectivity index (χ0n) is 14.7. The Morgan fingerprint density at radius 3 is 2.72 bits per heavy atom. The number of carbonyl (C=O) groups is 1. The molecule has 0 saturated carbocycles. The van der Waals surface area contributed by atoms with Crippen LogP contribution in [0.5, 0.6) is 11.5 Å². The zero-order valence-corrected chi connectivity index (χ0v) is 15.5. The number of alkyl halides is 2. The molecule has 0 fully saturated rings. The van der Waals surface area contributed by atoms with E-state index in [0.717, 1.165) is 5.56 Å². The molecule has 29 heavy (non-hydrogen) atoms. The third-order valence-electron chi connectivity index (χ3n) is 4.39. The molecule has 1 aliphatic rings. The van der Waals surface area contributed by atoms with Gasteiger partial charge in [0.05, 0.1) is 0 Å². The summed E-state index contributed by atoms with van der Waals surface area (Å²) in [6.45, 7) is 0. The van der Waals surface area contributed by atoms with Gasteiger partial charge in [-0.3, -0.25) is 4.79 Å². The van der Waals surface area contributed by atoms with Crippen molar-refractivity contribution in [2.24, 2.45) is 5.73 Å². The minimum Gasteiger partial charge on any atom is -0.395 e. The monoisotopic (exact) mass is 421 g/mol. The van der Waals surface area contributed by atoms with Crippen LogP contribution in [-0.4, -0.2) is 32.8 Å². The summed E-state index contributed by atoms with van der Waals surface area (Å²) in [6.07, 6.45) is -3.34. The molecule has 3 aromatic rings. The van der Waals surface area contributed by atoms with Crippen LogP contribution in [0.25, 0.3) is 11.4 Å². The van der Waals surface area contributed by atoms with Crippen molar-refractivity contribution < 1.29 is 23.0 Å². The lowest BCUT2D eigenvalue weighted by atomic mass is 9.88. The SMILES string of the molecule is NC(=O)CC(Cc1ccc2c(c1)OC(F)(F)O2)c1cc(Cl)cc(-c2nn[nH]n2)c1. The van der Waals surface area contributed by atoms with Crippen LogP contribution in [0.15, 0.2) is 36.4 Å². The predicted molar refractivity (Wildman–Crippen MR) is 97.5 cm³/mol. The first-order valence-corrected chi connectivity index (χ1v) is 8.88. The average Bonchev–Trinajstić information content (AvgIpc) is 3.26. The van der Waals surface area contributed by atoms with Crippen molar-refractivity contribution in [1.29, 1.82) is 0 Å². The van der Waals surface area contributed by atoms with Crippen molar-refractivity contribution in [1.82, 2.24) is 20.6 Å². The molecule has 3 N–H and O–H groups in total. The molecule has 0 spiro atoms. The third kappa shape index (κ3) is 4.27. The first-order valence-electron chi connectivity index (χ1n) is 8.50. The third-order valence-corrected chi connectivity index (χ3v) is 4.61. The van der Waals surface area contributed by atoms with E-state index in [9.17, 15) is 13.6 Å². The maximum absolute atomic E-state index is 13.3. The van der Waals surface area contributed by atoms with Gasteiger partial charge in [-0.15, -0.1) is 19.0 Å². The van der Waals surface area contributed by atoms with Gasteiger partial charge in [0.15, 0.2) is 11.5 Å². The largest absolute Gasteiger partial charge is 0.586 e. The molecule has 0 saturated heterocycles. The lowest BCUT2D eigenvalue weighted by Crippen LogP contribution is -2.25. The van der Waals surface area contributed by atoms with Crippen LogP contribution in [0.2, 0.25) is 5.02 Å². The molecule has 0 aliphatic carbocycles. The van der Waals surface area contributed by atoms with Gasteiger partial charge >= 0.3 is 6.29 Å². The number of aromatic nitrogens is 4. The van der Waals surface area contributed by atoms with Crippen molar-refractivity contribution >= 4 is 17.5 Å². The quantitative estimate of drug-likeness (QED) is 0.632.